The first-order valence-corrected chi connectivity index (χ1v) is 6.14. The molecule has 2 rings (SSSR count). The van der Waals surface area contributed by atoms with Gasteiger partial charge in [-0.05, 0) is 32.6 Å². The molecule has 1 saturated carbocycles. The van der Waals surface area contributed by atoms with E-state index in [4.69, 9.17) is 9.47 Å². The maximum atomic E-state index is 11.6. The van der Waals surface area contributed by atoms with Crippen LogP contribution in [0.1, 0.15) is 39.5 Å². The number of carbonyl (C=O) groups excluding carboxylic acids is 1. The standard InChI is InChI=1S/C12H21NO3/c1-12(2)15-8-10(16-12)7-13-11(14)6-9-4-3-5-9/h9-10H,3-8H2,1-2H3,(H,13,14). The smallest absolute Gasteiger partial charge is 0.220 e. The first-order valence-electron chi connectivity index (χ1n) is 6.14. The van der Waals surface area contributed by atoms with Gasteiger partial charge in [0.05, 0.1) is 6.61 Å². The van der Waals surface area contributed by atoms with Crippen LogP contribution in [0.25, 0.3) is 0 Å². The molecule has 0 bridgehead atoms. The molecule has 1 atom stereocenters. The molecule has 1 amide bonds. The molecule has 0 aromatic heterocycles. The Bertz CT molecular complexity index is 261. The molecule has 1 aliphatic heterocycles. The van der Waals surface area contributed by atoms with Gasteiger partial charge in [-0.15, -0.1) is 0 Å². The third-order valence-electron chi connectivity index (χ3n) is 3.29. The van der Waals surface area contributed by atoms with Crippen LogP contribution in [0.4, 0.5) is 0 Å². The molecule has 1 N–H and O–H groups in total. The van der Waals surface area contributed by atoms with Gasteiger partial charge in [0.1, 0.15) is 6.10 Å². The van der Waals surface area contributed by atoms with Crippen molar-refractivity contribution in [1.29, 1.82) is 0 Å². The zero-order valence-corrected chi connectivity index (χ0v) is 10.1. The first-order chi connectivity index (χ1) is 7.55. The monoisotopic (exact) mass is 227 g/mol. The van der Waals surface area contributed by atoms with Crippen LogP contribution in [-0.2, 0) is 14.3 Å². The van der Waals surface area contributed by atoms with Gasteiger partial charge in [-0.2, -0.15) is 0 Å². The van der Waals surface area contributed by atoms with E-state index >= 15 is 0 Å². The summed E-state index contributed by atoms with van der Waals surface area (Å²) in [6, 6.07) is 0. The molecule has 1 aliphatic carbocycles. The Balaban J connectivity index is 1.61. The van der Waals surface area contributed by atoms with Gasteiger partial charge < -0.3 is 14.8 Å². The fraction of sp³-hybridized carbons (Fsp3) is 0.917. The van der Waals surface area contributed by atoms with E-state index in [1.54, 1.807) is 0 Å². The molecular weight excluding hydrogens is 206 g/mol. The van der Waals surface area contributed by atoms with Gasteiger partial charge in [0.25, 0.3) is 0 Å². The van der Waals surface area contributed by atoms with Crippen LogP contribution >= 0.6 is 0 Å². The Hall–Kier alpha value is -0.610. The Morgan fingerprint density at radius 3 is 2.69 bits per heavy atom. The summed E-state index contributed by atoms with van der Waals surface area (Å²) in [5, 5.41) is 2.92. The van der Waals surface area contributed by atoms with E-state index in [1.807, 2.05) is 13.8 Å². The Morgan fingerprint density at radius 2 is 2.19 bits per heavy atom. The summed E-state index contributed by atoms with van der Waals surface area (Å²) < 4.78 is 11.0. The number of amides is 1. The van der Waals surface area contributed by atoms with Crippen LogP contribution in [0.15, 0.2) is 0 Å². The topological polar surface area (TPSA) is 47.6 Å². The minimum Gasteiger partial charge on any atom is -0.353 e. The minimum atomic E-state index is -0.497. The number of hydrogen-bond acceptors (Lipinski definition) is 3. The molecule has 4 nitrogen and oxygen atoms in total. The van der Waals surface area contributed by atoms with Crippen LogP contribution in [-0.4, -0.2) is 30.9 Å². The summed E-state index contributed by atoms with van der Waals surface area (Å²) in [5.74, 6) is 0.277. The minimum absolute atomic E-state index is 0.000315. The van der Waals surface area contributed by atoms with E-state index in [2.05, 4.69) is 5.32 Å². The fourth-order valence-corrected chi connectivity index (χ4v) is 2.12. The van der Waals surface area contributed by atoms with E-state index in [-0.39, 0.29) is 12.0 Å². The van der Waals surface area contributed by atoms with Crippen LogP contribution in [0, 0.1) is 5.92 Å². The van der Waals surface area contributed by atoms with Crippen molar-refractivity contribution in [2.75, 3.05) is 13.2 Å². The van der Waals surface area contributed by atoms with Gasteiger partial charge in [-0.3, -0.25) is 4.79 Å². The lowest BCUT2D eigenvalue weighted by molar-refractivity contribution is -0.139. The second-order valence-electron chi connectivity index (χ2n) is 5.26. The van der Waals surface area contributed by atoms with Crippen molar-refractivity contribution in [2.24, 2.45) is 5.92 Å². The Morgan fingerprint density at radius 1 is 1.44 bits per heavy atom. The summed E-state index contributed by atoms with van der Waals surface area (Å²) in [5.41, 5.74) is 0. The van der Waals surface area contributed by atoms with Crippen LogP contribution in [0.3, 0.4) is 0 Å². The third kappa shape index (κ3) is 3.19. The molecule has 0 radical (unpaired) electrons. The molecule has 0 aromatic rings. The van der Waals surface area contributed by atoms with E-state index in [0.29, 0.717) is 25.5 Å². The van der Waals surface area contributed by atoms with Crippen molar-refractivity contribution >= 4 is 5.91 Å². The predicted molar refractivity (Wildman–Crippen MR) is 59.9 cm³/mol. The predicted octanol–water partition coefficient (Wildman–Crippen LogP) is 1.44. The van der Waals surface area contributed by atoms with Gasteiger partial charge >= 0.3 is 0 Å². The summed E-state index contributed by atoms with van der Waals surface area (Å²) in [6.45, 7) is 4.91. The molecule has 1 heterocycles. The van der Waals surface area contributed by atoms with Crippen molar-refractivity contribution in [3.63, 3.8) is 0 Å². The number of carbonyl (C=O) groups is 1. The van der Waals surface area contributed by atoms with Crippen molar-refractivity contribution < 1.29 is 14.3 Å². The van der Waals surface area contributed by atoms with E-state index < -0.39 is 5.79 Å². The summed E-state index contributed by atoms with van der Waals surface area (Å²) in [7, 11) is 0. The molecular formula is C12H21NO3. The summed E-state index contributed by atoms with van der Waals surface area (Å²) >= 11 is 0. The van der Waals surface area contributed by atoms with Crippen molar-refractivity contribution in [3.05, 3.63) is 0 Å². The van der Waals surface area contributed by atoms with Gasteiger partial charge in [-0.25, -0.2) is 0 Å². The molecule has 4 heteroatoms. The molecule has 2 fully saturated rings. The quantitative estimate of drug-likeness (QED) is 0.790. The highest BCUT2D eigenvalue weighted by Gasteiger charge is 2.32. The van der Waals surface area contributed by atoms with Crippen molar-refractivity contribution in [1.82, 2.24) is 5.32 Å². The number of rotatable bonds is 4. The van der Waals surface area contributed by atoms with Crippen molar-refractivity contribution in [2.45, 2.75) is 51.4 Å². The lowest BCUT2D eigenvalue weighted by Gasteiger charge is -2.24. The molecule has 1 unspecified atom stereocenters. The number of hydrogen-bond donors (Lipinski definition) is 1. The van der Waals surface area contributed by atoms with Gasteiger partial charge in [0.15, 0.2) is 5.79 Å². The van der Waals surface area contributed by atoms with Crippen LogP contribution < -0.4 is 5.32 Å². The lowest BCUT2D eigenvalue weighted by Crippen LogP contribution is -2.35. The van der Waals surface area contributed by atoms with Gasteiger partial charge in [0.2, 0.25) is 5.91 Å². The van der Waals surface area contributed by atoms with Crippen molar-refractivity contribution in [3.8, 4) is 0 Å². The normalized spacial score (nSPS) is 28.8. The average molecular weight is 227 g/mol. The maximum Gasteiger partial charge on any atom is 0.220 e. The third-order valence-corrected chi connectivity index (χ3v) is 3.29. The van der Waals surface area contributed by atoms with E-state index in [1.165, 1.54) is 19.3 Å². The van der Waals surface area contributed by atoms with E-state index in [0.717, 1.165) is 0 Å². The zero-order valence-electron chi connectivity index (χ0n) is 10.1. The molecule has 16 heavy (non-hydrogen) atoms. The highest BCUT2D eigenvalue weighted by Crippen LogP contribution is 2.29. The maximum absolute atomic E-state index is 11.6. The molecule has 0 spiro atoms. The molecule has 2 aliphatic rings. The second-order valence-corrected chi connectivity index (χ2v) is 5.26. The number of ether oxygens (including phenoxy) is 2. The summed E-state index contributed by atoms with van der Waals surface area (Å²) in [6.07, 6.45) is 4.38. The van der Waals surface area contributed by atoms with E-state index in [9.17, 15) is 4.79 Å². The average Bonchev–Trinajstić information content (AvgIpc) is 2.49. The highest BCUT2D eigenvalue weighted by molar-refractivity contribution is 5.76. The largest absolute Gasteiger partial charge is 0.353 e. The van der Waals surface area contributed by atoms with Gasteiger partial charge in [0, 0.05) is 13.0 Å². The molecule has 1 saturated heterocycles. The Labute approximate surface area is 96.7 Å². The molecule has 0 aromatic carbocycles. The Kier molecular flexibility index (Phi) is 3.50. The highest BCUT2D eigenvalue weighted by atomic mass is 16.7. The summed E-state index contributed by atoms with van der Waals surface area (Å²) in [4.78, 5) is 11.6. The second kappa shape index (κ2) is 4.72. The van der Waals surface area contributed by atoms with Gasteiger partial charge in [-0.1, -0.05) is 6.42 Å². The van der Waals surface area contributed by atoms with Crippen LogP contribution in [0.5, 0.6) is 0 Å². The SMILES string of the molecule is CC1(C)OCC(CNC(=O)CC2CCC2)O1. The molecule has 92 valence electrons. The lowest BCUT2D eigenvalue weighted by atomic mass is 9.83. The van der Waals surface area contributed by atoms with Crippen LogP contribution in [0.2, 0.25) is 0 Å². The first kappa shape index (κ1) is 11.9. The fourth-order valence-electron chi connectivity index (χ4n) is 2.12. The number of nitrogens with one attached hydrogen (secondary N) is 1. The zero-order chi connectivity index (χ0) is 11.6.